The zero-order valence-electron chi connectivity index (χ0n) is 16.0. The van der Waals surface area contributed by atoms with Gasteiger partial charge in [0.15, 0.2) is 0 Å². The number of likely N-dealkylation sites (N-methyl/N-ethyl adjacent to an activating group) is 1. The van der Waals surface area contributed by atoms with E-state index in [4.69, 9.17) is 4.74 Å². The molecule has 1 fully saturated rings. The van der Waals surface area contributed by atoms with Crippen LogP contribution in [0.5, 0.6) is 0 Å². The van der Waals surface area contributed by atoms with E-state index in [1.54, 1.807) is 0 Å². The SMILES string of the molecule is CN(C(=O)OCC1c2ccccc2-c2ccccc21)C(C(=O)O)C1CCCC1. The molecule has 4 rings (SSSR count). The fraction of sp³-hybridized carbons (Fsp3) is 0.391. The summed E-state index contributed by atoms with van der Waals surface area (Å²) in [6.45, 7) is 0.203. The molecule has 1 amide bonds. The molecule has 1 saturated carbocycles. The van der Waals surface area contributed by atoms with Gasteiger partial charge in [-0.05, 0) is 41.0 Å². The van der Waals surface area contributed by atoms with Crippen molar-refractivity contribution in [2.75, 3.05) is 13.7 Å². The minimum Gasteiger partial charge on any atom is -0.480 e. The number of carboxylic acid groups (broad SMARTS) is 1. The number of carbonyl (C=O) groups excluding carboxylic acids is 1. The number of ether oxygens (including phenoxy) is 1. The number of carboxylic acids is 1. The first-order valence-corrected chi connectivity index (χ1v) is 9.88. The molecule has 0 spiro atoms. The highest BCUT2D eigenvalue weighted by Crippen LogP contribution is 2.44. The third kappa shape index (κ3) is 3.26. The second-order valence-corrected chi connectivity index (χ2v) is 7.74. The van der Waals surface area contributed by atoms with Crippen LogP contribution in [0.3, 0.4) is 0 Å². The fourth-order valence-electron chi connectivity index (χ4n) is 4.77. The molecule has 2 aliphatic rings. The van der Waals surface area contributed by atoms with Crippen molar-refractivity contribution in [2.24, 2.45) is 5.92 Å². The van der Waals surface area contributed by atoms with Gasteiger partial charge in [-0.25, -0.2) is 9.59 Å². The van der Waals surface area contributed by atoms with Crippen LogP contribution in [0.4, 0.5) is 4.79 Å². The molecule has 2 aromatic carbocycles. The third-order valence-electron chi connectivity index (χ3n) is 6.14. The molecule has 5 heteroatoms. The van der Waals surface area contributed by atoms with Gasteiger partial charge in [-0.3, -0.25) is 4.90 Å². The Labute approximate surface area is 164 Å². The molecule has 5 nitrogen and oxygen atoms in total. The molecular weight excluding hydrogens is 354 g/mol. The van der Waals surface area contributed by atoms with Crippen molar-refractivity contribution in [1.29, 1.82) is 0 Å². The number of benzene rings is 2. The minimum atomic E-state index is -0.956. The van der Waals surface area contributed by atoms with Gasteiger partial charge in [0.25, 0.3) is 0 Å². The summed E-state index contributed by atoms with van der Waals surface area (Å²) in [6, 6.07) is 15.5. The Hall–Kier alpha value is -2.82. The van der Waals surface area contributed by atoms with E-state index in [9.17, 15) is 14.7 Å². The molecule has 146 valence electrons. The van der Waals surface area contributed by atoms with E-state index in [-0.39, 0.29) is 18.4 Å². The maximum absolute atomic E-state index is 12.7. The van der Waals surface area contributed by atoms with Crippen molar-refractivity contribution in [3.8, 4) is 11.1 Å². The summed E-state index contributed by atoms with van der Waals surface area (Å²) in [7, 11) is 1.54. The summed E-state index contributed by atoms with van der Waals surface area (Å²) in [5.74, 6) is -0.981. The number of carbonyl (C=O) groups is 2. The van der Waals surface area contributed by atoms with E-state index >= 15 is 0 Å². The molecule has 0 saturated heterocycles. The van der Waals surface area contributed by atoms with E-state index in [0.717, 1.165) is 36.8 Å². The van der Waals surface area contributed by atoms with Crippen molar-refractivity contribution >= 4 is 12.1 Å². The summed E-state index contributed by atoms with van der Waals surface area (Å²) < 4.78 is 5.62. The molecule has 1 atom stereocenters. The number of aliphatic carboxylic acids is 1. The van der Waals surface area contributed by atoms with Crippen LogP contribution in [0, 0.1) is 5.92 Å². The van der Waals surface area contributed by atoms with Crippen molar-refractivity contribution in [2.45, 2.75) is 37.6 Å². The average molecular weight is 379 g/mol. The van der Waals surface area contributed by atoms with E-state index < -0.39 is 18.1 Å². The first-order chi connectivity index (χ1) is 13.6. The number of rotatable bonds is 5. The van der Waals surface area contributed by atoms with Gasteiger partial charge in [0.2, 0.25) is 0 Å². The molecule has 2 aliphatic carbocycles. The lowest BCUT2D eigenvalue weighted by atomic mass is 9.97. The Morgan fingerprint density at radius 1 is 1.04 bits per heavy atom. The highest BCUT2D eigenvalue weighted by molar-refractivity contribution is 5.81. The second-order valence-electron chi connectivity index (χ2n) is 7.74. The summed E-state index contributed by atoms with van der Waals surface area (Å²) in [6.07, 6.45) is 3.16. The molecule has 0 aromatic heterocycles. The topological polar surface area (TPSA) is 66.8 Å². The van der Waals surface area contributed by atoms with Crippen LogP contribution in [0.15, 0.2) is 48.5 Å². The molecule has 0 radical (unpaired) electrons. The van der Waals surface area contributed by atoms with Crippen LogP contribution < -0.4 is 0 Å². The highest BCUT2D eigenvalue weighted by atomic mass is 16.6. The lowest BCUT2D eigenvalue weighted by molar-refractivity contribution is -0.144. The molecule has 0 bridgehead atoms. The molecule has 2 aromatic rings. The maximum atomic E-state index is 12.7. The van der Waals surface area contributed by atoms with Crippen LogP contribution in [0.25, 0.3) is 11.1 Å². The monoisotopic (exact) mass is 379 g/mol. The Morgan fingerprint density at radius 3 is 2.11 bits per heavy atom. The van der Waals surface area contributed by atoms with Gasteiger partial charge in [-0.1, -0.05) is 61.4 Å². The van der Waals surface area contributed by atoms with Crippen molar-refractivity contribution in [3.05, 3.63) is 59.7 Å². The number of nitrogens with zero attached hydrogens (tertiary/aromatic N) is 1. The van der Waals surface area contributed by atoms with Gasteiger partial charge < -0.3 is 9.84 Å². The zero-order valence-corrected chi connectivity index (χ0v) is 16.0. The average Bonchev–Trinajstić information content (AvgIpc) is 3.32. The van der Waals surface area contributed by atoms with E-state index in [1.165, 1.54) is 23.1 Å². The van der Waals surface area contributed by atoms with E-state index in [1.807, 2.05) is 24.3 Å². The van der Waals surface area contributed by atoms with Crippen LogP contribution in [0.2, 0.25) is 0 Å². The summed E-state index contributed by atoms with van der Waals surface area (Å²) in [4.78, 5) is 25.7. The standard InChI is InChI=1S/C23H25NO4/c1-24(21(22(25)26)15-8-2-3-9-15)23(27)28-14-20-18-12-6-4-10-16(18)17-11-5-7-13-19(17)20/h4-7,10-13,15,20-21H,2-3,8-9,14H2,1H3,(H,25,26). The lowest BCUT2D eigenvalue weighted by Crippen LogP contribution is -2.47. The largest absolute Gasteiger partial charge is 0.480 e. The van der Waals surface area contributed by atoms with E-state index in [2.05, 4.69) is 24.3 Å². The van der Waals surface area contributed by atoms with Gasteiger partial charge in [0.05, 0.1) is 0 Å². The minimum absolute atomic E-state index is 0.00276. The van der Waals surface area contributed by atoms with Crippen LogP contribution >= 0.6 is 0 Å². The number of amides is 1. The lowest BCUT2D eigenvalue weighted by Gasteiger charge is -2.29. The van der Waals surface area contributed by atoms with Gasteiger partial charge in [0.1, 0.15) is 12.6 Å². The van der Waals surface area contributed by atoms with Crippen LogP contribution in [-0.2, 0) is 9.53 Å². The van der Waals surface area contributed by atoms with Gasteiger partial charge >= 0.3 is 12.1 Å². The summed E-state index contributed by atoms with van der Waals surface area (Å²) >= 11 is 0. The predicted molar refractivity (Wildman–Crippen MR) is 106 cm³/mol. The molecular formula is C23H25NO4. The molecule has 0 aliphatic heterocycles. The first kappa shape index (κ1) is 18.5. The molecule has 0 heterocycles. The van der Waals surface area contributed by atoms with Crippen molar-refractivity contribution in [1.82, 2.24) is 4.90 Å². The van der Waals surface area contributed by atoms with Crippen LogP contribution in [-0.4, -0.2) is 41.8 Å². The smallest absolute Gasteiger partial charge is 0.410 e. The van der Waals surface area contributed by atoms with Gasteiger partial charge in [-0.2, -0.15) is 0 Å². The predicted octanol–water partition coefficient (Wildman–Crippen LogP) is 4.51. The highest BCUT2D eigenvalue weighted by Gasteiger charge is 2.37. The summed E-state index contributed by atoms with van der Waals surface area (Å²) in [5.41, 5.74) is 4.62. The number of hydrogen-bond donors (Lipinski definition) is 1. The van der Waals surface area contributed by atoms with Gasteiger partial charge in [0, 0.05) is 13.0 Å². The Kier molecular flexibility index (Phi) is 5.07. The second kappa shape index (κ2) is 7.66. The maximum Gasteiger partial charge on any atom is 0.410 e. The Morgan fingerprint density at radius 2 is 1.57 bits per heavy atom. The zero-order chi connectivity index (χ0) is 19.7. The number of fused-ring (bicyclic) bond motifs is 3. The fourth-order valence-corrected chi connectivity index (χ4v) is 4.77. The van der Waals surface area contributed by atoms with Crippen molar-refractivity contribution in [3.63, 3.8) is 0 Å². The molecule has 1 unspecified atom stereocenters. The number of hydrogen-bond acceptors (Lipinski definition) is 3. The normalized spacial score (nSPS) is 17.0. The Balaban J connectivity index is 1.49. The first-order valence-electron chi connectivity index (χ1n) is 9.88. The molecule has 1 N–H and O–H groups in total. The molecule has 28 heavy (non-hydrogen) atoms. The quantitative estimate of drug-likeness (QED) is 0.830. The van der Waals surface area contributed by atoms with E-state index in [0.29, 0.717) is 0 Å². The Bertz CT molecular complexity index is 842. The third-order valence-corrected chi connectivity index (χ3v) is 6.14. The van der Waals surface area contributed by atoms with Crippen molar-refractivity contribution < 1.29 is 19.4 Å². The van der Waals surface area contributed by atoms with Crippen LogP contribution in [0.1, 0.15) is 42.7 Å². The van der Waals surface area contributed by atoms with Gasteiger partial charge in [-0.15, -0.1) is 0 Å². The summed E-state index contributed by atoms with van der Waals surface area (Å²) in [5, 5.41) is 9.64.